The highest BCUT2D eigenvalue weighted by atomic mass is 32.2. The first-order valence-electron chi connectivity index (χ1n) is 8.06. The molecule has 3 aliphatic rings. The van der Waals surface area contributed by atoms with Crippen molar-refractivity contribution in [1.29, 1.82) is 0 Å². The second kappa shape index (κ2) is 6.33. The van der Waals surface area contributed by atoms with Crippen molar-refractivity contribution in [2.45, 2.75) is 25.4 Å². The fraction of sp³-hybridized carbons (Fsp3) is 0.929. The zero-order valence-corrected chi connectivity index (χ0v) is 13.9. The van der Waals surface area contributed by atoms with Gasteiger partial charge in [-0.1, -0.05) is 0 Å². The van der Waals surface area contributed by atoms with Crippen LogP contribution in [0.4, 0.5) is 4.79 Å². The second-order valence-electron chi connectivity index (χ2n) is 6.50. The van der Waals surface area contributed by atoms with Gasteiger partial charge >= 0.3 is 6.03 Å². The van der Waals surface area contributed by atoms with Gasteiger partial charge in [0.05, 0.1) is 19.0 Å². The molecule has 3 fully saturated rings. The van der Waals surface area contributed by atoms with E-state index >= 15 is 0 Å². The molecule has 0 N–H and O–H groups in total. The number of hydrogen-bond donors (Lipinski definition) is 0. The lowest BCUT2D eigenvalue weighted by molar-refractivity contribution is -0.0143. The summed E-state index contributed by atoms with van der Waals surface area (Å²) in [6.07, 6.45) is 4.18. The number of nitrogens with zero attached hydrogens (tertiary/aromatic N) is 3. The molecule has 0 aromatic heterocycles. The normalized spacial score (nSPS) is 31.0. The van der Waals surface area contributed by atoms with Crippen LogP contribution in [0.1, 0.15) is 19.3 Å². The van der Waals surface area contributed by atoms with E-state index in [9.17, 15) is 13.2 Å². The molecule has 2 atom stereocenters. The standard InChI is InChI=1S/C14H25N3O4S/c1-22(19,20)17-8-9-21-13-11-16(7-4-12(13)10-17)14(18)15-5-2-3-6-15/h12-13H,2-11H2,1H3/t12-,13-/m0/s1. The Morgan fingerprint density at radius 1 is 1.05 bits per heavy atom. The van der Waals surface area contributed by atoms with Crippen molar-refractivity contribution in [3.05, 3.63) is 0 Å². The number of carbonyl (C=O) groups is 1. The van der Waals surface area contributed by atoms with E-state index in [1.165, 1.54) is 10.6 Å². The first-order chi connectivity index (χ1) is 10.4. The van der Waals surface area contributed by atoms with Crippen LogP contribution >= 0.6 is 0 Å². The number of piperidine rings is 1. The SMILES string of the molecule is CS(=O)(=O)N1CCO[C@H]2CN(C(=O)N3CCCC3)CC[C@H]2C1. The maximum atomic E-state index is 12.5. The largest absolute Gasteiger partial charge is 0.375 e. The zero-order valence-electron chi connectivity index (χ0n) is 13.1. The Hall–Kier alpha value is -0.860. The average molecular weight is 331 g/mol. The molecule has 22 heavy (non-hydrogen) atoms. The maximum Gasteiger partial charge on any atom is 0.320 e. The van der Waals surface area contributed by atoms with Crippen molar-refractivity contribution >= 4 is 16.1 Å². The van der Waals surface area contributed by atoms with Gasteiger partial charge in [0.1, 0.15) is 0 Å². The number of rotatable bonds is 1. The summed E-state index contributed by atoms with van der Waals surface area (Å²) in [5.41, 5.74) is 0. The third-order valence-corrected chi connectivity index (χ3v) is 6.19. The third kappa shape index (κ3) is 3.38. The van der Waals surface area contributed by atoms with Crippen LogP contribution in [-0.2, 0) is 14.8 Å². The Bertz CT molecular complexity index is 518. The van der Waals surface area contributed by atoms with Gasteiger partial charge in [-0.05, 0) is 19.3 Å². The summed E-state index contributed by atoms with van der Waals surface area (Å²) in [5, 5.41) is 0. The summed E-state index contributed by atoms with van der Waals surface area (Å²) in [7, 11) is -3.18. The fourth-order valence-corrected chi connectivity index (χ4v) is 4.47. The monoisotopic (exact) mass is 331 g/mol. The topological polar surface area (TPSA) is 70.2 Å². The number of carbonyl (C=O) groups excluding carboxylic acids is 1. The molecule has 0 aromatic rings. The summed E-state index contributed by atoms with van der Waals surface area (Å²) in [5.74, 6) is 0.180. The molecule has 0 saturated carbocycles. The van der Waals surface area contributed by atoms with Gasteiger partial charge < -0.3 is 14.5 Å². The minimum atomic E-state index is -3.18. The fourth-order valence-electron chi connectivity index (χ4n) is 3.60. The Balaban J connectivity index is 1.63. The summed E-state index contributed by atoms with van der Waals surface area (Å²) in [6, 6.07) is 0.115. The smallest absolute Gasteiger partial charge is 0.320 e. The number of hydrogen-bond acceptors (Lipinski definition) is 4. The van der Waals surface area contributed by atoms with E-state index in [0.29, 0.717) is 32.8 Å². The molecule has 7 nitrogen and oxygen atoms in total. The average Bonchev–Trinajstić information content (AvgIpc) is 2.91. The molecule has 126 valence electrons. The molecule has 2 amide bonds. The Morgan fingerprint density at radius 3 is 2.45 bits per heavy atom. The number of ether oxygens (including phenoxy) is 1. The van der Waals surface area contributed by atoms with E-state index in [0.717, 1.165) is 32.4 Å². The van der Waals surface area contributed by atoms with Crippen LogP contribution in [-0.4, -0.2) is 86.8 Å². The summed E-state index contributed by atoms with van der Waals surface area (Å²) >= 11 is 0. The van der Waals surface area contributed by atoms with Gasteiger partial charge in [0.15, 0.2) is 0 Å². The molecule has 0 bridgehead atoms. The molecule has 0 unspecified atom stereocenters. The first kappa shape index (κ1) is 16.0. The Morgan fingerprint density at radius 2 is 1.77 bits per heavy atom. The van der Waals surface area contributed by atoms with Crippen LogP contribution in [0.5, 0.6) is 0 Å². The van der Waals surface area contributed by atoms with Gasteiger partial charge in [0, 0.05) is 45.2 Å². The molecule has 0 aromatic carbocycles. The van der Waals surface area contributed by atoms with Gasteiger partial charge in [-0.15, -0.1) is 0 Å². The highest BCUT2D eigenvalue weighted by Crippen LogP contribution is 2.26. The second-order valence-corrected chi connectivity index (χ2v) is 8.48. The Labute approximate surface area is 132 Å². The molecule has 3 heterocycles. The molecule has 8 heteroatoms. The summed E-state index contributed by atoms with van der Waals surface area (Å²) < 4.78 is 30.9. The van der Waals surface area contributed by atoms with Crippen molar-refractivity contribution in [1.82, 2.24) is 14.1 Å². The highest BCUT2D eigenvalue weighted by molar-refractivity contribution is 7.88. The summed E-state index contributed by atoms with van der Waals surface area (Å²) in [4.78, 5) is 16.3. The van der Waals surface area contributed by atoms with Gasteiger partial charge in [0.25, 0.3) is 0 Å². The quantitative estimate of drug-likeness (QED) is 0.687. The third-order valence-electron chi connectivity index (χ3n) is 4.92. The molecule has 0 radical (unpaired) electrons. The van der Waals surface area contributed by atoms with E-state index in [4.69, 9.17) is 4.74 Å². The van der Waals surface area contributed by atoms with Crippen molar-refractivity contribution in [2.24, 2.45) is 5.92 Å². The van der Waals surface area contributed by atoms with Crippen LogP contribution in [0.2, 0.25) is 0 Å². The van der Waals surface area contributed by atoms with Crippen molar-refractivity contribution in [3.8, 4) is 0 Å². The van der Waals surface area contributed by atoms with Crippen LogP contribution in [0.15, 0.2) is 0 Å². The molecule has 0 aliphatic carbocycles. The van der Waals surface area contributed by atoms with E-state index in [1.54, 1.807) is 0 Å². The predicted octanol–water partition coefficient (Wildman–Crippen LogP) is 0.185. The van der Waals surface area contributed by atoms with Crippen LogP contribution in [0, 0.1) is 5.92 Å². The molecule has 3 rings (SSSR count). The molecule has 3 aliphatic heterocycles. The number of amides is 2. The lowest BCUT2D eigenvalue weighted by Gasteiger charge is -2.39. The van der Waals surface area contributed by atoms with E-state index in [1.807, 2.05) is 9.80 Å². The van der Waals surface area contributed by atoms with E-state index < -0.39 is 10.0 Å². The zero-order chi connectivity index (χ0) is 15.7. The van der Waals surface area contributed by atoms with Crippen molar-refractivity contribution in [2.75, 3.05) is 52.1 Å². The van der Waals surface area contributed by atoms with Crippen LogP contribution in [0.3, 0.4) is 0 Å². The molecule has 3 saturated heterocycles. The number of likely N-dealkylation sites (tertiary alicyclic amines) is 2. The van der Waals surface area contributed by atoms with Crippen molar-refractivity contribution in [3.63, 3.8) is 0 Å². The first-order valence-corrected chi connectivity index (χ1v) is 9.90. The predicted molar refractivity (Wildman–Crippen MR) is 82.0 cm³/mol. The van der Waals surface area contributed by atoms with Gasteiger partial charge in [-0.3, -0.25) is 0 Å². The lowest BCUT2D eigenvalue weighted by atomic mass is 9.94. The van der Waals surface area contributed by atoms with E-state index in [-0.39, 0.29) is 18.1 Å². The van der Waals surface area contributed by atoms with Gasteiger partial charge in [0.2, 0.25) is 10.0 Å². The number of urea groups is 1. The Kier molecular flexibility index (Phi) is 4.61. The minimum absolute atomic E-state index is 0.0490. The maximum absolute atomic E-state index is 12.5. The van der Waals surface area contributed by atoms with E-state index in [2.05, 4.69) is 0 Å². The van der Waals surface area contributed by atoms with Gasteiger partial charge in [-0.25, -0.2) is 13.2 Å². The number of sulfonamides is 1. The van der Waals surface area contributed by atoms with Crippen LogP contribution < -0.4 is 0 Å². The minimum Gasteiger partial charge on any atom is -0.375 e. The lowest BCUT2D eigenvalue weighted by Crippen LogP contribution is -2.52. The van der Waals surface area contributed by atoms with Crippen LogP contribution in [0.25, 0.3) is 0 Å². The van der Waals surface area contributed by atoms with Gasteiger partial charge in [-0.2, -0.15) is 4.31 Å². The molecule has 0 spiro atoms. The molecular weight excluding hydrogens is 306 g/mol. The van der Waals surface area contributed by atoms with Crippen molar-refractivity contribution < 1.29 is 17.9 Å². The highest BCUT2D eigenvalue weighted by Gasteiger charge is 2.38. The number of fused-ring (bicyclic) bond motifs is 1. The molecular formula is C14H25N3O4S. The summed E-state index contributed by atoms with van der Waals surface area (Å²) in [6.45, 7) is 4.30.